The van der Waals surface area contributed by atoms with Crippen LogP contribution in [-0.4, -0.2) is 0 Å². The van der Waals surface area contributed by atoms with E-state index in [4.69, 9.17) is 13.3 Å². The van der Waals surface area contributed by atoms with Gasteiger partial charge in [0.1, 0.15) is 33.5 Å². The first-order valence-corrected chi connectivity index (χ1v) is 35.9. The van der Waals surface area contributed by atoms with Crippen LogP contribution in [-0.2, 0) is 0 Å². The summed E-state index contributed by atoms with van der Waals surface area (Å²) in [7, 11) is 0. The van der Waals surface area contributed by atoms with Gasteiger partial charge in [-0.25, -0.2) is 0 Å². The molecule has 0 radical (unpaired) electrons. The Morgan fingerprint density at radius 2 is 0.562 bits per heavy atom. The van der Waals surface area contributed by atoms with Crippen LogP contribution in [0, 0.1) is 0 Å². The van der Waals surface area contributed by atoms with Gasteiger partial charge in [-0.15, -0.1) is 0 Å². The van der Waals surface area contributed by atoms with Crippen molar-refractivity contribution in [1.82, 2.24) is 0 Å². The summed E-state index contributed by atoms with van der Waals surface area (Å²) in [5.41, 5.74) is 20.5. The molecule has 105 heavy (non-hydrogen) atoms. The molecule has 5 heteroatoms. The number of para-hydroxylation sites is 1. The molecule has 22 aromatic rings. The highest BCUT2D eigenvalue weighted by Gasteiger charge is 2.27. The summed E-state index contributed by atoms with van der Waals surface area (Å²) >= 11 is 0. The number of anilines is 6. The van der Waals surface area contributed by atoms with Crippen LogP contribution in [0.3, 0.4) is 0 Å². The van der Waals surface area contributed by atoms with Crippen molar-refractivity contribution in [3.8, 4) is 44.5 Å². The summed E-state index contributed by atoms with van der Waals surface area (Å²) in [6.07, 6.45) is 0. The largest absolute Gasteiger partial charge is 0.455 e. The predicted molar refractivity (Wildman–Crippen MR) is 442 cm³/mol. The molecule has 0 aliphatic rings. The maximum absolute atomic E-state index is 7.16. The van der Waals surface area contributed by atoms with Crippen LogP contribution in [0.2, 0.25) is 0 Å². The van der Waals surface area contributed by atoms with Crippen molar-refractivity contribution < 1.29 is 13.3 Å². The van der Waals surface area contributed by atoms with Crippen LogP contribution in [0.25, 0.3) is 186 Å². The second-order valence-electron chi connectivity index (χ2n) is 27.7. The molecule has 0 N–H and O–H groups in total. The summed E-state index contributed by atoms with van der Waals surface area (Å²) in [4.78, 5) is 4.84. The molecule has 0 fully saturated rings. The third-order valence-corrected chi connectivity index (χ3v) is 21.9. The van der Waals surface area contributed by atoms with E-state index in [0.29, 0.717) is 0 Å². The quantitative estimate of drug-likeness (QED) is 0.128. The maximum atomic E-state index is 7.16. The second-order valence-corrected chi connectivity index (χ2v) is 27.7. The molecular formula is C100H60N2O3. The van der Waals surface area contributed by atoms with Crippen LogP contribution in [0.5, 0.6) is 0 Å². The highest BCUT2D eigenvalue weighted by molar-refractivity contribution is 6.25. The monoisotopic (exact) mass is 1340 g/mol. The van der Waals surface area contributed by atoms with Gasteiger partial charge in [0.2, 0.25) is 0 Å². The smallest absolute Gasteiger partial charge is 0.143 e. The fourth-order valence-corrected chi connectivity index (χ4v) is 17.2. The number of fused-ring (bicyclic) bond motifs is 20. The van der Waals surface area contributed by atoms with E-state index < -0.39 is 0 Å². The summed E-state index contributed by atoms with van der Waals surface area (Å²) in [6, 6.07) is 132. The molecule has 22 rings (SSSR count). The van der Waals surface area contributed by atoms with Crippen molar-refractivity contribution in [2.24, 2.45) is 0 Å². The molecule has 3 aromatic heterocycles. The topological polar surface area (TPSA) is 45.9 Å². The molecule has 0 amide bonds. The van der Waals surface area contributed by atoms with E-state index in [1.165, 1.54) is 43.6 Å². The standard InChI is InChI=1S/C100H60N2O3/c1-2-22-65(23-3-1)93-80-30-12-10-27-77(80)78-28-11-13-31-81(78)94(93)66-44-50-72(51-45-66)101(88-34-17-37-91-96(88)84-55-47-62-20-6-8-25-75(62)98(84)104-91)73-53-46-69-57-68(41-42-70(69)59-73)71-40-39-64-49-54-83-95-82(32-16-36-90(95)103-100(83)86(64)60-71)79-29-14-15-33-87(79)102(74-52-43-61-19-4-5-24-67(61)58-74)89-35-18-38-92-97(89)85-56-48-63-21-7-9-26-76(63)99(85)105-92/h1-60H. The zero-order valence-corrected chi connectivity index (χ0v) is 56.8. The number of rotatable bonds is 10. The van der Waals surface area contributed by atoms with Crippen LogP contribution in [0.4, 0.5) is 34.1 Å². The van der Waals surface area contributed by atoms with Crippen molar-refractivity contribution in [3.05, 3.63) is 364 Å². The van der Waals surface area contributed by atoms with Gasteiger partial charge in [0.25, 0.3) is 0 Å². The van der Waals surface area contributed by atoms with E-state index in [-0.39, 0.29) is 0 Å². The van der Waals surface area contributed by atoms with E-state index in [1.54, 1.807) is 0 Å². The van der Waals surface area contributed by atoms with Crippen molar-refractivity contribution >= 4 is 175 Å². The molecular weight excluding hydrogens is 1280 g/mol. The average Bonchev–Trinajstić information content (AvgIpc) is 1.62. The predicted octanol–water partition coefficient (Wildman–Crippen LogP) is 29.1. The van der Waals surface area contributed by atoms with Gasteiger partial charge < -0.3 is 23.1 Å². The normalized spacial score (nSPS) is 12.0. The minimum Gasteiger partial charge on any atom is -0.455 e. The Kier molecular flexibility index (Phi) is 13.0. The van der Waals surface area contributed by atoms with E-state index in [1.807, 2.05) is 0 Å². The lowest BCUT2D eigenvalue weighted by molar-refractivity contribution is 0.672. The molecule has 3 heterocycles. The number of furan rings is 3. The summed E-state index contributed by atoms with van der Waals surface area (Å²) in [6.45, 7) is 0. The Hall–Kier alpha value is -14.0. The Labute approximate surface area is 603 Å². The van der Waals surface area contributed by atoms with Gasteiger partial charge in [0.15, 0.2) is 0 Å². The van der Waals surface area contributed by atoms with Crippen LogP contribution in [0.1, 0.15) is 0 Å². The molecule has 5 nitrogen and oxygen atoms in total. The molecule has 19 aromatic carbocycles. The first-order chi connectivity index (χ1) is 52.1. The molecule has 0 saturated heterocycles. The number of nitrogens with zero attached hydrogens (tertiary/aromatic N) is 2. The molecule has 0 spiro atoms. The maximum Gasteiger partial charge on any atom is 0.143 e. The second kappa shape index (κ2) is 23.3. The highest BCUT2D eigenvalue weighted by Crippen LogP contribution is 2.52. The first-order valence-electron chi connectivity index (χ1n) is 35.9. The van der Waals surface area contributed by atoms with Crippen molar-refractivity contribution in [2.45, 2.75) is 0 Å². The third kappa shape index (κ3) is 9.22. The third-order valence-electron chi connectivity index (χ3n) is 21.9. The number of hydrogen-bond acceptors (Lipinski definition) is 5. The molecule has 488 valence electrons. The Balaban J connectivity index is 0.665. The molecule has 0 aliphatic heterocycles. The van der Waals surface area contributed by atoms with Gasteiger partial charge in [-0.2, -0.15) is 0 Å². The van der Waals surface area contributed by atoms with E-state index >= 15 is 0 Å². The van der Waals surface area contributed by atoms with Gasteiger partial charge in [-0.1, -0.05) is 261 Å². The lowest BCUT2D eigenvalue weighted by atomic mass is 9.85. The first kappa shape index (κ1) is 58.8. The number of benzene rings is 19. The van der Waals surface area contributed by atoms with Crippen molar-refractivity contribution in [1.29, 1.82) is 0 Å². The minimum atomic E-state index is 0.829. The Bertz CT molecular complexity index is 7360. The SMILES string of the molecule is c1ccc(-c2c(-c3ccc(N(c4ccc5cc(-c6ccc7ccc8c(oc9cccc(-c%10ccccc%10N(c%10ccc%11ccccc%11c%10)c%10cccc%11oc%12c%13ccccc%13ccc%12c%10%11)c98)c7c6)ccc5c4)c4cccc5oc6c7ccccc7ccc6c45)cc3)c3ccccc3c3ccccc23)cc1. The van der Waals surface area contributed by atoms with Gasteiger partial charge >= 0.3 is 0 Å². The lowest BCUT2D eigenvalue weighted by Crippen LogP contribution is -2.11. The van der Waals surface area contributed by atoms with Gasteiger partial charge in [-0.05, 0) is 201 Å². The zero-order chi connectivity index (χ0) is 68.8. The Morgan fingerprint density at radius 1 is 0.181 bits per heavy atom. The van der Waals surface area contributed by atoms with Crippen LogP contribution >= 0.6 is 0 Å². The van der Waals surface area contributed by atoms with Gasteiger partial charge in [0, 0.05) is 60.3 Å². The van der Waals surface area contributed by atoms with Crippen molar-refractivity contribution in [3.63, 3.8) is 0 Å². The van der Waals surface area contributed by atoms with E-state index in [0.717, 1.165) is 176 Å². The van der Waals surface area contributed by atoms with Gasteiger partial charge in [-0.3, -0.25) is 0 Å². The summed E-state index contributed by atoms with van der Waals surface area (Å²) < 4.78 is 20.9. The fraction of sp³-hybridized carbons (Fsp3) is 0. The molecule has 0 aliphatic carbocycles. The molecule has 0 atom stereocenters. The highest BCUT2D eigenvalue weighted by atomic mass is 16.3. The van der Waals surface area contributed by atoms with Crippen LogP contribution < -0.4 is 9.80 Å². The fourth-order valence-electron chi connectivity index (χ4n) is 17.2. The Morgan fingerprint density at radius 3 is 1.20 bits per heavy atom. The lowest BCUT2D eigenvalue weighted by Gasteiger charge is -2.29. The molecule has 0 bridgehead atoms. The summed E-state index contributed by atoms with van der Waals surface area (Å²) in [5.74, 6) is 0. The van der Waals surface area contributed by atoms with E-state index in [9.17, 15) is 0 Å². The molecule has 0 unspecified atom stereocenters. The summed E-state index contributed by atoms with van der Waals surface area (Å²) in [5, 5.41) is 22.6. The van der Waals surface area contributed by atoms with Gasteiger partial charge in [0.05, 0.1) is 27.8 Å². The average molecular weight is 1340 g/mol. The minimum absolute atomic E-state index is 0.829. The zero-order valence-electron chi connectivity index (χ0n) is 56.8. The molecule has 0 saturated carbocycles. The van der Waals surface area contributed by atoms with E-state index in [2.05, 4.69) is 374 Å². The van der Waals surface area contributed by atoms with Crippen molar-refractivity contribution in [2.75, 3.05) is 9.80 Å². The van der Waals surface area contributed by atoms with Crippen LogP contribution in [0.15, 0.2) is 377 Å². The number of hydrogen-bond donors (Lipinski definition) is 0.